The van der Waals surface area contributed by atoms with Crippen LogP contribution in [-0.4, -0.2) is 44.7 Å². The van der Waals surface area contributed by atoms with Gasteiger partial charge in [0.05, 0.1) is 7.11 Å². The number of methoxy groups -OCH3 is 1. The Morgan fingerprint density at radius 1 is 0.825 bits per heavy atom. The second-order valence-electron chi connectivity index (χ2n) is 12.1. The zero-order chi connectivity index (χ0) is 27.6. The van der Waals surface area contributed by atoms with Crippen LogP contribution in [0.3, 0.4) is 0 Å². The van der Waals surface area contributed by atoms with Crippen molar-refractivity contribution in [3.05, 3.63) is 101 Å². The van der Waals surface area contributed by atoms with Gasteiger partial charge >= 0.3 is 0 Å². The predicted molar refractivity (Wildman–Crippen MR) is 167 cm³/mol. The van der Waals surface area contributed by atoms with Crippen LogP contribution in [0.5, 0.6) is 5.75 Å². The summed E-state index contributed by atoms with van der Waals surface area (Å²) in [5.74, 6) is 1.91. The number of unbranched alkanes of at least 4 members (excludes halogenated alkanes) is 1. The number of ether oxygens (including phenoxy) is 1. The van der Waals surface area contributed by atoms with Gasteiger partial charge in [-0.05, 0) is 106 Å². The molecule has 3 aromatic carbocycles. The molecular formula is C36H49N3O. The first-order chi connectivity index (χ1) is 19.7. The second-order valence-corrected chi connectivity index (χ2v) is 12.1. The van der Waals surface area contributed by atoms with Crippen LogP contribution in [-0.2, 0) is 24.9 Å². The average molecular weight is 540 g/mol. The van der Waals surface area contributed by atoms with Gasteiger partial charge in [0.25, 0.3) is 0 Å². The highest BCUT2D eigenvalue weighted by molar-refractivity contribution is 5.45. The summed E-state index contributed by atoms with van der Waals surface area (Å²) in [6, 6.07) is 28.7. The molecule has 1 heterocycles. The summed E-state index contributed by atoms with van der Waals surface area (Å²) in [6.45, 7) is 5.37. The minimum Gasteiger partial charge on any atom is -0.497 e. The Morgan fingerprint density at radius 2 is 1.48 bits per heavy atom. The van der Waals surface area contributed by atoms with Crippen LogP contribution in [0, 0.1) is 5.92 Å². The molecule has 2 aliphatic carbocycles. The van der Waals surface area contributed by atoms with Crippen LogP contribution >= 0.6 is 0 Å². The van der Waals surface area contributed by atoms with Crippen molar-refractivity contribution in [3.8, 4) is 5.75 Å². The molecule has 6 rings (SSSR count). The lowest BCUT2D eigenvalue weighted by Crippen LogP contribution is -2.59. The van der Waals surface area contributed by atoms with Gasteiger partial charge in [0, 0.05) is 24.5 Å². The number of fused-ring (bicyclic) bond motifs is 1. The predicted octanol–water partition coefficient (Wildman–Crippen LogP) is 6.73. The summed E-state index contributed by atoms with van der Waals surface area (Å²) in [5, 5.41) is 6.96. The third-order valence-electron chi connectivity index (χ3n) is 9.62. The molecule has 3 atom stereocenters. The molecule has 1 aliphatic heterocycles. The fourth-order valence-corrected chi connectivity index (χ4v) is 7.46. The first kappa shape index (κ1) is 28.9. The molecule has 2 fully saturated rings. The molecule has 40 heavy (non-hydrogen) atoms. The summed E-state index contributed by atoms with van der Waals surface area (Å²) < 4.78 is 5.51. The maximum Gasteiger partial charge on any atom is 0.119 e. The number of nitrogens with one attached hydrogen (secondary N) is 2. The van der Waals surface area contributed by atoms with Crippen LogP contribution in [0.2, 0.25) is 0 Å². The number of piperidine rings is 1. The summed E-state index contributed by atoms with van der Waals surface area (Å²) in [7, 11) is 4.12. The highest BCUT2D eigenvalue weighted by Crippen LogP contribution is 2.55. The van der Waals surface area contributed by atoms with Gasteiger partial charge in [-0.1, -0.05) is 79.6 Å². The standard InChI is InChI=1S/C18H24N2.C18H25NO/c1-3-9-17(10-4-1)15-19-13-7-8-14-20-16-18-11-5-2-6-12-18;1-19-10-9-18-8-4-3-5-15(18)17(19)11-13-6-7-14(20-2)12-16(13)18/h1-6,9-12,19-20H,7-8,13-16H2;6-7,12,15,17H,3-5,8-11H2,1-2H3/t;15-,17-,18-/m.1/s1. The number of likely N-dealkylation sites (tertiary alicyclic amines) is 1. The van der Waals surface area contributed by atoms with E-state index < -0.39 is 0 Å². The summed E-state index contributed by atoms with van der Waals surface area (Å²) in [4.78, 5) is 2.63. The first-order valence-corrected chi connectivity index (χ1v) is 15.6. The summed E-state index contributed by atoms with van der Waals surface area (Å²) in [5.41, 5.74) is 6.38. The molecule has 0 spiro atoms. The van der Waals surface area contributed by atoms with Gasteiger partial charge in [-0.15, -0.1) is 0 Å². The van der Waals surface area contributed by atoms with E-state index in [0.717, 1.165) is 43.9 Å². The van der Waals surface area contributed by atoms with Crippen molar-refractivity contribution in [2.45, 2.75) is 75.9 Å². The van der Waals surface area contributed by atoms with Crippen LogP contribution in [0.15, 0.2) is 78.9 Å². The van der Waals surface area contributed by atoms with Gasteiger partial charge in [0.2, 0.25) is 0 Å². The van der Waals surface area contributed by atoms with Crippen molar-refractivity contribution < 1.29 is 4.74 Å². The van der Waals surface area contributed by atoms with Crippen LogP contribution in [0.4, 0.5) is 0 Å². The number of likely N-dealkylation sites (N-methyl/N-ethyl adjacent to an activating group) is 1. The highest BCUT2D eigenvalue weighted by atomic mass is 16.5. The Hall–Kier alpha value is -2.66. The van der Waals surface area contributed by atoms with Crippen molar-refractivity contribution in [3.63, 3.8) is 0 Å². The van der Waals surface area contributed by atoms with Gasteiger partial charge in [-0.3, -0.25) is 0 Å². The zero-order valence-corrected chi connectivity index (χ0v) is 24.7. The van der Waals surface area contributed by atoms with Gasteiger partial charge in [-0.25, -0.2) is 0 Å². The number of benzene rings is 3. The molecule has 214 valence electrons. The van der Waals surface area contributed by atoms with Crippen molar-refractivity contribution in [2.24, 2.45) is 5.92 Å². The Balaban J connectivity index is 0.000000161. The molecule has 4 nitrogen and oxygen atoms in total. The molecule has 2 bridgehead atoms. The normalized spacial score (nSPS) is 23.4. The van der Waals surface area contributed by atoms with Crippen LogP contribution in [0.25, 0.3) is 0 Å². The van der Waals surface area contributed by atoms with Crippen molar-refractivity contribution in [1.82, 2.24) is 15.5 Å². The van der Waals surface area contributed by atoms with E-state index in [-0.39, 0.29) is 0 Å². The van der Waals surface area contributed by atoms with Gasteiger partial charge in [0.1, 0.15) is 5.75 Å². The minimum atomic E-state index is 0.456. The van der Waals surface area contributed by atoms with E-state index in [2.05, 4.69) is 101 Å². The van der Waals surface area contributed by atoms with E-state index in [9.17, 15) is 0 Å². The number of hydrogen-bond donors (Lipinski definition) is 2. The minimum absolute atomic E-state index is 0.456. The molecule has 0 radical (unpaired) electrons. The molecule has 0 aromatic heterocycles. The molecule has 0 unspecified atom stereocenters. The van der Waals surface area contributed by atoms with Gasteiger partial charge < -0.3 is 20.3 Å². The molecule has 1 saturated carbocycles. The van der Waals surface area contributed by atoms with Crippen LogP contribution in [0.1, 0.15) is 67.2 Å². The Bertz CT molecular complexity index is 1120. The first-order valence-electron chi connectivity index (χ1n) is 15.6. The van der Waals surface area contributed by atoms with Gasteiger partial charge in [0.15, 0.2) is 0 Å². The number of nitrogens with zero attached hydrogens (tertiary/aromatic N) is 1. The second kappa shape index (κ2) is 14.3. The van der Waals surface area contributed by atoms with E-state index in [0.29, 0.717) is 5.41 Å². The van der Waals surface area contributed by atoms with Gasteiger partial charge in [-0.2, -0.15) is 0 Å². The van der Waals surface area contributed by atoms with E-state index >= 15 is 0 Å². The highest BCUT2D eigenvalue weighted by Gasteiger charge is 2.53. The fraction of sp³-hybridized carbons (Fsp3) is 0.500. The quantitative estimate of drug-likeness (QED) is 0.280. The fourth-order valence-electron chi connectivity index (χ4n) is 7.46. The number of hydrogen-bond acceptors (Lipinski definition) is 4. The zero-order valence-electron chi connectivity index (χ0n) is 24.7. The molecule has 0 amide bonds. The molecular weight excluding hydrogens is 490 g/mol. The molecule has 4 heteroatoms. The maximum absolute atomic E-state index is 5.51. The topological polar surface area (TPSA) is 36.5 Å². The maximum atomic E-state index is 5.51. The summed E-state index contributed by atoms with van der Waals surface area (Å²) in [6.07, 6.45) is 10.7. The largest absolute Gasteiger partial charge is 0.497 e. The SMILES string of the molecule is COc1ccc2c(c1)[C@@]13CCCC[C@@H]1[C@@H](C2)N(C)CC3.c1ccc(CNCCCCNCc2ccccc2)cc1. The Labute approximate surface area is 242 Å². The van der Waals surface area contributed by atoms with Crippen molar-refractivity contribution >= 4 is 0 Å². The molecule has 3 aliphatic rings. The van der Waals surface area contributed by atoms with E-state index in [4.69, 9.17) is 4.74 Å². The Morgan fingerprint density at radius 3 is 2.10 bits per heavy atom. The lowest BCUT2D eigenvalue weighted by atomic mass is 9.52. The van der Waals surface area contributed by atoms with Crippen LogP contribution < -0.4 is 15.4 Å². The molecule has 2 N–H and O–H groups in total. The van der Waals surface area contributed by atoms with E-state index in [1.165, 1.54) is 69.0 Å². The van der Waals surface area contributed by atoms with Crippen molar-refractivity contribution in [2.75, 3.05) is 33.8 Å². The average Bonchev–Trinajstić information content (AvgIpc) is 3.01. The molecule has 1 saturated heterocycles. The van der Waals surface area contributed by atoms with E-state index in [1.807, 2.05) is 0 Å². The Kier molecular flexibility index (Phi) is 10.3. The van der Waals surface area contributed by atoms with E-state index in [1.54, 1.807) is 18.2 Å². The lowest BCUT2D eigenvalue weighted by molar-refractivity contribution is 0.00274. The third kappa shape index (κ3) is 6.97. The number of rotatable bonds is 10. The van der Waals surface area contributed by atoms with Crippen molar-refractivity contribution in [1.29, 1.82) is 0 Å². The molecule has 3 aromatic rings. The smallest absolute Gasteiger partial charge is 0.119 e. The monoisotopic (exact) mass is 539 g/mol. The third-order valence-corrected chi connectivity index (χ3v) is 9.62. The summed E-state index contributed by atoms with van der Waals surface area (Å²) >= 11 is 0. The lowest BCUT2D eigenvalue weighted by Gasteiger charge is -2.58.